The van der Waals surface area contributed by atoms with Crippen molar-refractivity contribution in [2.45, 2.75) is 95.9 Å². The average Bonchev–Trinajstić information content (AvgIpc) is 3.70. The van der Waals surface area contributed by atoms with Gasteiger partial charge in [-0.3, -0.25) is 0 Å². The molecule has 2 spiro atoms. The zero-order valence-electron chi connectivity index (χ0n) is 23.8. The highest BCUT2D eigenvalue weighted by molar-refractivity contribution is 5.82. The molecule has 0 aromatic heterocycles. The zero-order valence-corrected chi connectivity index (χ0v) is 23.8. The summed E-state index contributed by atoms with van der Waals surface area (Å²) in [6, 6.07) is 0. The largest absolute Gasteiger partial charge is 0.463 e. The van der Waals surface area contributed by atoms with Gasteiger partial charge in [-0.2, -0.15) is 0 Å². The number of epoxide rings is 1. The van der Waals surface area contributed by atoms with E-state index in [1.54, 1.807) is 12.2 Å². The lowest BCUT2D eigenvalue weighted by molar-refractivity contribution is -0.278. The molecule has 2 aliphatic carbocycles. The van der Waals surface area contributed by atoms with Gasteiger partial charge in [0.1, 0.15) is 18.3 Å². The predicted octanol–water partition coefficient (Wildman–Crippen LogP) is 3.03. The number of hydrogen-bond donors (Lipinski definition) is 2. The topological polar surface area (TPSA) is 124 Å². The molecule has 0 radical (unpaired) electrons. The summed E-state index contributed by atoms with van der Waals surface area (Å²) in [6.45, 7) is 9.06. The fourth-order valence-electron chi connectivity index (χ4n) is 7.00. The van der Waals surface area contributed by atoms with Crippen molar-refractivity contribution in [1.29, 1.82) is 0 Å². The van der Waals surface area contributed by atoms with Gasteiger partial charge in [0.25, 0.3) is 0 Å². The lowest BCUT2D eigenvalue weighted by atomic mass is 9.46. The molecular weight excluding hydrogens is 504 g/mol. The van der Waals surface area contributed by atoms with E-state index in [0.29, 0.717) is 32.5 Å². The molecule has 1 saturated carbocycles. The van der Waals surface area contributed by atoms with E-state index in [1.165, 1.54) is 11.6 Å². The Bertz CT molecular complexity index is 998. The van der Waals surface area contributed by atoms with Crippen molar-refractivity contribution < 1.29 is 43.5 Å². The Morgan fingerprint density at radius 3 is 2.56 bits per heavy atom. The van der Waals surface area contributed by atoms with Crippen LogP contribution in [0.2, 0.25) is 0 Å². The molecule has 9 heteroatoms. The summed E-state index contributed by atoms with van der Waals surface area (Å²) in [5.74, 6) is -1.35. The van der Waals surface area contributed by atoms with E-state index in [2.05, 4.69) is 19.9 Å². The number of cyclic esters (lactones) is 1. The Hall–Kier alpha value is -2.04. The molecule has 3 aliphatic heterocycles. The maximum Gasteiger partial charge on any atom is 0.335 e. The molecule has 0 amide bonds. The third-order valence-corrected chi connectivity index (χ3v) is 9.59. The number of rotatable bonds is 0. The van der Waals surface area contributed by atoms with Gasteiger partial charge < -0.3 is 33.9 Å². The number of carbonyl (C=O) groups is 2. The van der Waals surface area contributed by atoms with E-state index in [1.807, 2.05) is 19.9 Å². The number of aliphatic hydroxyl groups is 2. The summed E-state index contributed by atoms with van der Waals surface area (Å²) in [5.41, 5.74) is -0.269. The first-order valence-corrected chi connectivity index (χ1v) is 14.0. The quantitative estimate of drug-likeness (QED) is 0.267. The van der Waals surface area contributed by atoms with Crippen LogP contribution in [0, 0.1) is 16.7 Å². The maximum atomic E-state index is 13.0. The van der Waals surface area contributed by atoms with Crippen LogP contribution in [0.4, 0.5) is 0 Å². The highest BCUT2D eigenvalue weighted by Crippen LogP contribution is 2.70. The van der Waals surface area contributed by atoms with Crippen molar-refractivity contribution in [3.8, 4) is 0 Å². The van der Waals surface area contributed by atoms with Crippen molar-refractivity contribution in [2.24, 2.45) is 16.7 Å². The van der Waals surface area contributed by atoms with Crippen LogP contribution in [0.5, 0.6) is 0 Å². The number of fused-ring (bicyclic) bond motifs is 1. The highest BCUT2D eigenvalue weighted by Gasteiger charge is 2.78. The molecule has 7 unspecified atom stereocenters. The van der Waals surface area contributed by atoms with E-state index in [9.17, 15) is 14.7 Å². The smallest absolute Gasteiger partial charge is 0.335 e. The summed E-state index contributed by atoms with van der Waals surface area (Å²) in [7, 11) is 1.00. The van der Waals surface area contributed by atoms with Gasteiger partial charge in [-0.05, 0) is 45.4 Å². The molecule has 3 fully saturated rings. The van der Waals surface area contributed by atoms with E-state index in [0.717, 1.165) is 20.0 Å². The fourth-order valence-corrected chi connectivity index (χ4v) is 7.00. The van der Waals surface area contributed by atoms with Gasteiger partial charge in [-0.15, -0.1) is 0 Å². The number of aliphatic hydroxyl groups excluding tert-OH is 2. The van der Waals surface area contributed by atoms with Gasteiger partial charge in [0, 0.05) is 37.0 Å². The van der Waals surface area contributed by atoms with Crippen molar-refractivity contribution in [3.63, 3.8) is 0 Å². The normalized spacial score (nSPS) is 46.1. The van der Waals surface area contributed by atoms with Crippen LogP contribution in [0.3, 0.4) is 0 Å². The molecule has 0 aromatic rings. The second-order valence-corrected chi connectivity index (χ2v) is 11.9. The van der Waals surface area contributed by atoms with Crippen LogP contribution < -0.4 is 0 Å². The van der Waals surface area contributed by atoms with E-state index < -0.39 is 34.5 Å². The molecule has 0 aromatic carbocycles. The summed E-state index contributed by atoms with van der Waals surface area (Å²) in [4.78, 5) is 25.7. The standard InChI is InChI=1S/C29H40O8.CH4O/c1-18-9-11-28-16-34-26(32)25(31)19(2)10-12-33-20(3)7-5-6-8-24(30)36-21-14-23(37-22(28)13-18)29(17-35-29)27(28,4)15-21;1-2/h5-8,13,19-23,25,31H,9-12,14-17H2,1-4H3;2H,1H3/b7-5+,8-6-;/t19?,20?,21?,22?,23?,25?,27-,28-,29?;/m1./s1. The molecule has 9 atom stereocenters. The summed E-state index contributed by atoms with van der Waals surface area (Å²) >= 11 is 0. The van der Waals surface area contributed by atoms with Crippen LogP contribution in [0.1, 0.15) is 59.8 Å². The van der Waals surface area contributed by atoms with Crippen LogP contribution in [0.25, 0.3) is 0 Å². The van der Waals surface area contributed by atoms with Gasteiger partial charge in [-0.1, -0.05) is 43.7 Å². The lowest BCUT2D eigenvalue weighted by Gasteiger charge is -2.64. The van der Waals surface area contributed by atoms with E-state index in [-0.39, 0.29) is 36.9 Å². The number of esters is 2. The Labute approximate surface area is 231 Å². The summed E-state index contributed by atoms with van der Waals surface area (Å²) in [6.07, 6.45) is 9.87. The molecule has 5 rings (SSSR count). The minimum absolute atomic E-state index is 0.108. The molecule has 3 heterocycles. The molecule has 218 valence electrons. The molecule has 5 aliphatic rings. The van der Waals surface area contributed by atoms with Crippen molar-refractivity contribution in [1.82, 2.24) is 0 Å². The minimum Gasteiger partial charge on any atom is -0.463 e. The third-order valence-electron chi connectivity index (χ3n) is 9.59. The van der Waals surface area contributed by atoms with Crippen LogP contribution in [0.15, 0.2) is 36.0 Å². The predicted molar refractivity (Wildman–Crippen MR) is 143 cm³/mol. The van der Waals surface area contributed by atoms with Crippen molar-refractivity contribution >= 4 is 11.9 Å². The first-order valence-electron chi connectivity index (χ1n) is 14.0. The highest BCUT2D eigenvalue weighted by atomic mass is 16.6. The fraction of sp³-hybridized carbons (Fsp3) is 0.733. The number of ether oxygens (including phenoxy) is 5. The van der Waals surface area contributed by atoms with Gasteiger partial charge >= 0.3 is 11.9 Å². The SMILES string of the molecule is CC1=CC2OC3CC4C[C@@](C)(C35CO5)[C@]2(CC1)COC(=O)C(O)C(C)CCOC(C)/C=C/C=C\C(=O)O4.CO. The Morgan fingerprint density at radius 2 is 1.85 bits per heavy atom. The summed E-state index contributed by atoms with van der Waals surface area (Å²) < 4.78 is 30.5. The van der Waals surface area contributed by atoms with Gasteiger partial charge in [-0.25, -0.2) is 9.59 Å². The Kier molecular flexibility index (Phi) is 9.08. The summed E-state index contributed by atoms with van der Waals surface area (Å²) in [5, 5.41) is 17.8. The van der Waals surface area contributed by atoms with E-state index in [4.69, 9.17) is 28.8 Å². The monoisotopic (exact) mass is 548 g/mol. The van der Waals surface area contributed by atoms with Crippen molar-refractivity contribution in [3.05, 3.63) is 36.0 Å². The van der Waals surface area contributed by atoms with Gasteiger partial charge in [0.05, 0.1) is 24.9 Å². The average molecular weight is 549 g/mol. The number of allylic oxidation sites excluding steroid dienone is 3. The first kappa shape index (κ1) is 29.9. The first-order chi connectivity index (χ1) is 18.6. The molecule has 3 bridgehead atoms. The zero-order chi connectivity index (χ0) is 28.4. The van der Waals surface area contributed by atoms with Crippen LogP contribution in [-0.2, 0) is 33.3 Å². The molecular formula is C30H44O9. The van der Waals surface area contributed by atoms with E-state index >= 15 is 0 Å². The van der Waals surface area contributed by atoms with Crippen LogP contribution >= 0.6 is 0 Å². The Morgan fingerprint density at radius 1 is 1.10 bits per heavy atom. The number of hydrogen-bond acceptors (Lipinski definition) is 9. The third kappa shape index (κ3) is 5.48. The van der Waals surface area contributed by atoms with Crippen molar-refractivity contribution in [2.75, 3.05) is 26.9 Å². The molecule has 9 nitrogen and oxygen atoms in total. The molecule has 39 heavy (non-hydrogen) atoms. The minimum atomic E-state index is -1.24. The maximum absolute atomic E-state index is 13.0. The molecule has 2 saturated heterocycles. The second-order valence-electron chi connectivity index (χ2n) is 11.9. The van der Waals surface area contributed by atoms with Gasteiger partial charge in [0.2, 0.25) is 0 Å². The Balaban J connectivity index is 0.00000172. The lowest BCUT2D eigenvalue weighted by Crippen LogP contribution is -2.71. The molecule has 2 N–H and O–H groups in total. The van der Waals surface area contributed by atoms with Gasteiger partial charge in [0.15, 0.2) is 6.10 Å². The second kappa shape index (κ2) is 11.8. The van der Waals surface area contributed by atoms with Crippen LogP contribution in [-0.4, -0.2) is 85.2 Å². The number of carbonyl (C=O) groups excluding carboxylic acids is 2.